The van der Waals surface area contributed by atoms with Crippen LogP contribution in [0.3, 0.4) is 0 Å². The van der Waals surface area contributed by atoms with Gasteiger partial charge < -0.3 is 5.11 Å². The Labute approximate surface area is 79.7 Å². The highest BCUT2D eigenvalue weighted by atomic mass is 19.3. The first-order valence-corrected chi connectivity index (χ1v) is 4.07. The summed E-state index contributed by atoms with van der Waals surface area (Å²) in [6, 6.07) is 0. The number of hydrogen-bond donors (Lipinski definition) is 1. The standard InChI is InChI=1S/C7H12F2N4O/c1-6(2,3)13-11-5(10-12-13)7(8,9)4-14/h14H,4H2,1-3H3. The Balaban J connectivity index is 3.00. The Morgan fingerprint density at radius 2 is 1.93 bits per heavy atom. The molecule has 0 aliphatic rings. The van der Waals surface area contributed by atoms with E-state index in [0.717, 1.165) is 4.80 Å². The van der Waals surface area contributed by atoms with Crippen LogP contribution in [-0.2, 0) is 11.5 Å². The number of aliphatic hydroxyl groups is 1. The molecule has 0 atom stereocenters. The van der Waals surface area contributed by atoms with Crippen LogP contribution in [0.4, 0.5) is 8.78 Å². The average molecular weight is 206 g/mol. The average Bonchev–Trinajstić information content (AvgIpc) is 2.51. The van der Waals surface area contributed by atoms with Gasteiger partial charge >= 0.3 is 5.92 Å². The van der Waals surface area contributed by atoms with Crippen LogP contribution < -0.4 is 0 Å². The fourth-order valence-corrected chi connectivity index (χ4v) is 0.716. The number of aromatic nitrogens is 4. The fraction of sp³-hybridized carbons (Fsp3) is 0.857. The van der Waals surface area contributed by atoms with Gasteiger partial charge in [-0.25, -0.2) is 0 Å². The summed E-state index contributed by atoms with van der Waals surface area (Å²) in [5, 5.41) is 18.6. The molecule has 14 heavy (non-hydrogen) atoms. The second kappa shape index (κ2) is 3.23. The number of alkyl halides is 2. The summed E-state index contributed by atoms with van der Waals surface area (Å²) < 4.78 is 25.7. The summed E-state index contributed by atoms with van der Waals surface area (Å²) in [5.74, 6) is -4.18. The molecule has 0 spiro atoms. The number of rotatable bonds is 2. The summed E-state index contributed by atoms with van der Waals surface area (Å²) in [6.45, 7) is 3.96. The van der Waals surface area contributed by atoms with Crippen molar-refractivity contribution in [3.05, 3.63) is 5.82 Å². The van der Waals surface area contributed by atoms with Crippen LogP contribution in [0.1, 0.15) is 26.6 Å². The molecule has 1 N–H and O–H groups in total. The zero-order chi connectivity index (χ0) is 11.0. The van der Waals surface area contributed by atoms with Gasteiger partial charge in [0.05, 0.1) is 5.54 Å². The van der Waals surface area contributed by atoms with E-state index in [4.69, 9.17) is 5.11 Å². The molecular weight excluding hydrogens is 194 g/mol. The molecule has 80 valence electrons. The molecule has 0 amide bonds. The predicted octanol–water partition coefficient (Wildman–Crippen LogP) is 0.512. The maximum Gasteiger partial charge on any atom is 0.332 e. The highest BCUT2D eigenvalue weighted by Gasteiger charge is 2.37. The molecule has 0 aliphatic carbocycles. The molecule has 1 aromatic rings. The van der Waals surface area contributed by atoms with Crippen LogP contribution in [-0.4, -0.2) is 31.9 Å². The normalized spacial score (nSPS) is 13.3. The quantitative estimate of drug-likeness (QED) is 0.765. The van der Waals surface area contributed by atoms with E-state index >= 15 is 0 Å². The Kier molecular flexibility index (Phi) is 2.53. The van der Waals surface area contributed by atoms with Crippen molar-refractivity contribution in [3.63, 3.8) is 0 Å². The molecule has 0 radical (unpaired) electrons. The van der Waals surface area contributed by atoms with E-state index in [1.165, 1.54) is 0 Å². The number of tetrazole rings is 1. The maximum atomic E-state index is 12.9. The Morgan fingerprint density at radius 1 is 1.36 bits per heavy atom. The van der Waals surface area contributed by atoms with E-state index in [1.54, 1.807) is 20.8 Å². The van der Waals surface area contributed by atoms with E-state index in [-0.39, 0.29) is 0 Å². The molecule has 1 heterocycles. The molecule has 0 saturated heterocycles. The molecule has 5 nitrogen and oxygen atoms in total. The van der Waals surface area contributed by atoms with E-state index in [0.29, 0.717) is 0 Å². The summed E-state index contributed by atoms with van der Waals surface area (Å²) in [6.07, 6.45) is 0. The van der Waals surface area contributed by atoms with Crippen LogP contribution in [0, 0.1) is 0 Å². The second-order valence-corrected chi connectivity index (χ2v) is 3.94. The van der Waals surface area contributed by atoms with Gasteiger partial charge in [0.25, 0.3) is 0 Å². The van der Waals surface area contributed by atoms with Crippen molar-refractivity contribution in [2.24, 2.45) is 0 Å². The smallest absolute Gasteiger partial charge is 0.332 e. The number of aliphatic hydroxyl groups excluding tert-OH is 1. The van der Waals surface area contributed by atoms with Crippen molar-refractivity contribution in [3.8, 4) is 0 Å². The monoisotopic (exact) mass is 206 g/mol. The van der Waals surface area contributed by atoms with Gasteiger partial charge in [0, 0.05) is 0 Å². The SMILES string of the molecule is CC(C)(C)n1nnc(C(F)(F)CO)n1. The van der Waals surface area contributed by atoms with Gasteiger partial charge in [0.2, 0.25) is 5.82 Å². The second-order valence-electron chi connectivity index (χ2n) is 3.94. The van der Waals surface area contributed by atoms with Crippen LogP contribution in [0.15, 0.2) is 0 Å². The number of nitrogens with zero attached hydrogens (tertiary/aromatic N) is 4. The van der Waals surface area contributed by atoms with Gasteiger partial charge in [0.15, 0.2) is 0 Å². The highest BCUT2D eigenvalue weighted by Crippen LogP contribution is 2.23. The fourth-order valence-electron chi connectivity index (χ4n) is 0.716. The molecule has 0 saturated carbocycles. The number of halogens is 2. The molecule has 0 fully saturated rings. The largest absolute Gasteiger partial charge is 0.390 e. The van der Waals surface area contributed by atoms with Crippen molar-refractivity contribution < 1.29 is 13.9 Å². The lowest BCUT2D eigenvalue weighted by atomic mass is 10.1. The lowest BCUT2D eigenvalue weighted by Gasteiger charge is -2.15. The minimum Gasteiger partial charge on any atom is -0.390 e. The van der Waals surface area contributed by atoms with Crippen LogP contribution in [0.25, 0.3) is 0 Å². The molecule has 0 unspecified atom stereocenters. The van der Waals surface area contributed by atoms with Crippen molar-refractivity contribution in [2.45, 2.75) is 32.2 Å². The van der Waals surface area contributed by atoms with Crippen LogP contribution >= 0.6 is 0 Å². The van der Waals surface area contributed by atoms with E-state index in [9.17, 15) is 8.78 Å². The van der Waals surface area contributed by atoms with Crippen molar-refractivity contribution >= 4 is 0 Å². The van der Waals surface area contributed by atoms with Crippen molar-refractivity contribution in [2.75, 3.05) is 6.61 Å². The van der Waals surface area contributed by atoms with Gasteiger partial charge in [-0.1, -0.05) is 0 Å². The summed E-state index contributed by atoms with van der Waals surface area (Å²) in [4.78, 5) is 1.09. The van der Waals surface area contributed by atoms with Crippen LogP contribution in [0.5, 0.6) is 0 Å². The van der Waals surface area contributed by atoms with E-state index < -0.39 is 23.9 Å². The maximum absolute atomic E-state index is 12.9. The first-order valence-electron chi connectivity index (χ1n) is 4.07. The van der Waals surface area contributed by atoms with Crippen molar-refractivity contribution in [1.82, 2.24) is 20.2 Å². The molecule has 1 rings (SSSR count). The molecule has 0 aliphatic heterocycles. The van der Waals surface area contributed by atoms with Gasteiger partial charge in [-0.05, 0) is 26.0 Å². The molecule has 0 bridgehead atoms. The Hall–Kier alpha value is -1.11. The molecule has 7 heteroatoms. The first-order chi connectivity index (χ1) is 6.27. The first kappa shape index (κ1) is 11.0. The minimum atomic E-state index is -3.43. The van der Waals surface area contributed by atoms with E-state index in [2.05, 4.69) is 15.4 Å². The van der Waals surface area contributed by atoms with Gasteiger partial charge in [-0.2, -0.15) is 13.6 Å². The lowest BCUT2D eigenvalue weighted by molar-refractivity contribution is -0.0635. The van der Waals surface area contributed by atoms with Crippen molar-refractivity contribution in [1.29, 1.82) is 0 Å². The molecule has 1 aromatic heterocycles. The van der Waals surface area contributed by atoms with E-state index in [1.807, 2.05) is 0 Å². The third-order valence-corrected chi connectivity index (χ3v) is 1.54. The van der Waals surface area contributed by atoms with Gasteiger partial charge in [-0.3, -0.25) is 0 Å². The van der Waals surface area contributed by atoms with Gasteiger partial charge in [0.1, 0.15) is 6.61 Å². The summed E-state index contributed by atoms with van der Waals surface area (Å²) in [5.41, 5.74) is -0.503. The third kappa shape index (κ3) is 2.03. The predicted molar refractivity (Wildman–Crippen MR) is 43.8 cm³/mol. The minimum absolute atomic E-state index is 0.503. The van der Waals surface area contributed by atoms with Gasteiger partial charge in [-0.15, -0.1) is 10.2 Å². The topological polar surface area (TPSA) is 63.8 Å². The number of hydrogen-bond acceptors (Lipinski definition) is 4. The molecular formula is C7H12F2N4O. The summed E-state index contributed by atoms with van der Waals surface area (Å²) in [7, 11) is 0. The Morgan fingerprint density at radius 3 is 2.29 bits per heavy atom. The third-order valence-electron chi connectivity index (χ3n) is 1.54. The Bertz CT molecular complexity index is 318. The molecule has 0 aromatic carbocycles. The van der Waals surface area contributed by atoms with Crippen LogP contribution in [0.2, 0.25) is 0 Å². The lowest BCUT2D eigenvalue weighted by Crippen LogP contribution is -2.26. The summed E-state index contributed by atoms with van der Waals surface area (Å²) >= 11 is 0. The highest BCUT2D eigenvalue weighted by molar-refractivity contribution is 4.91. The zero-order valence-corrected chi connectivity index (χ0v) is 8.20. The zero-order valence-electron chi connectivity index (χ0n) is 8.20.